The molecule has 6 rings (SSSR count). The first-order chi connectivity index (χ1) is 17.1. The lowest BCUT2D eigenvalue weighted by molar-refractivity contribution is 0.0248. The lowest BCUT2D eigenvalue weighted by Crippen LogP contribution is -2.56. The molecule has 4 fully saturated rings. The summed E-state index contributed by atoms with van der Waals surface area (Å²) in [7, 11) is 0. The van der Waals surface area contributed by atoms with Crippen LogP contribution in [0.5, 0.6) is 5.75 Å². The summed E-state index contributed by atoms with van der Waals surface area (Å²) in [6, 6.07) is 7.25. The number of halogens is 2. The summed E-state index contributed by atoms with van der Waals surface area (Å²) in [6.07, 6.45) is 10.7. The van der Waals surface area contributed by atoms with Crippen molar-refractivity contribution >= 4 is 5.69 Å². The highest BCUT2D eigenvalue weighted by Gasteiger charge is 2.49. The molecule has 1 aromatic carbocycles. The van der Waals surface area contributed by atoms with Gasteiger partial charge in [0.05, 0.1) is 31.3 Å². The molecular weight excluding hydrogens is 448 g/mol. The highest BCUT2D eigenvalue weighted by atomic mass is 19.1. The smallest absolute Gasteiger partial charge is 0.143 e. The Morgan fingerprint density at radius 3 is 2.51 bits per heavy atom. The van der Waals surface area contributed by atoms with Crippen LogP contribution in [0.4, 0.5) is 14.5 Å². The van der Waals surface area contributed by atoms with E-state index in [1.54, 1.807) is 18.3 Å². The van der Waals surface area contributed by atoms with Gasteiger partial charge in [0.2, 0.25) is 0 Å². The Bertz CT molecular complexity index is 1030. The van der Waals surface area contributed by atoms with E-state index in [0.717, 1.165) is 82.1 Å². The van der Waals surface area contributed by atoms with E-state index in [1.165, 1.54) is 31.5 Å². The number of nitrogens with zero attached hydrogens (tertiary/aromatic N) is 3. The van der Waals surface area contributed by atoms with Crippen molar-refractivity contribution in [1.29, 1.82) is 0 Å². The van der Waals surface area contributed by atoms with Crippen molar-refractivity contribution in [3.8, 4) is 5.75 Å². The van der Waals surface area contributed by atoms with Crippen LogP contribution in [-0.2, 0) is 4.74 Å². The van der Waals surface area contributed by atoms with E-state index in [9.17, 15) is 8.78 Å². The molecule has 3 saturated heterocycles. The summed E-state index contributed by atoms with van der Waals surface area (Å²) >= 11 is 0. The number of likely N-dealkylation sites (tertiary alicyclic amines) is 1. The largest absolute Gasteiger partial charge is 0.490 e. The Labute approximate surface area is 206 Å². The van der Waals surface area contributed by atoms with E-state index >= 15 is 0 Å². The maximum Gasteiger partial charge on any atom is 0.143 e. The molecular formula is C28H35F2N3O2. The topological polar surface area (TPSA) is 37.8 Å². The van der Waals surface area contributed by atoms with Crippen LogP contribution in [-0.4, -0.2) is 61.4 Å². The molecule has 4 heterocycles. The quantitative estimate of drug-likeness (QED) is 0.588. The minimum atomic E-state index is -0.268. The highest BCUT2D eigenvalue weighted by Crippen LogP contribution is 2.49. The van der Waals surface area contributed by atoms with Crippen LogP contribution >= 0.6 is 0 Å². The zero-order chi connectivity index (χ0) is 23.8. The first-order valence-electron chi connectivity index (χ1n) is 13.2. The molecule has 1 atom stereocenters. The Hall–Kier alpha value is -2.25. The van der Waals surface area contributed by atoms with Crippen LogP contribution in [0.1, 0.15) is 56.4 Å². The highest BCUT2D eigenvalue weighted by molar-refractivity contribution is 5.48. The molecule has 4 aliphatic rings. The average molecular weight is 484 g/mol. The van der Waals surface area contributed by atoms with E-state index in [1.807, 2.05) is 6.07 Å². The zero-order valence-corrected chi connectivity index (χ0v) is 20.3. The molecule has 0 amide bonds. The number of aromatic nitrogens is 1. The summed E-state index contributed by atoms with van der Waals surface area (Å²) in [4.78, 5) is 8.93. The van der Waals surface area contributed by atoms with Crippen molar-refractivity contribution in [1.82, 2.24) is 9.88 Å². The number of pyridine rings is 1. The number of hydrogen-bond acceptors (Lipinski definition) is 5. The summed E-state index contributed by atoms with van der Waals surface area (Å²) in [5.74, 6) is 0.752. The molecule has 1 unspecified atom stereocenters. The molecule has 0 radical (unpaired) electrons. The Morgan fingerprint density at radius 2 is 1.74 bits per heavy atom. The molecule has 1 aromatic heterocycles. The molecule has 7 heteroatoms. The molecule has 35 heavy (non-hydrogen) atoms. The van der Waals surface area contributed by atoms with Gasteiger partial charge >= 0.3 is 0 Å². The van der Waals surface area contributed by atoms with Crippen LogP contribution in [0.3, 0.4) is 0 Å². The van der Waals surface area contributed by atoms with E-state index < -0.39 is 0 Å². The van der Waals surface area contributed by atoms with Gasteiger partial charge in [-0.1, -0.05) is 0 Å². The molecule has 1 spiro atoms. The Kier molecular flexibility index (Phi) is 6.39. The maximum absolute atomic E-state index is 14.2. The third-order valence-corrected chi connectivity index (χ3v) is 8.70. The Balaban J connectivity index is 1.04. The van der Waals surface area contributed by atoms with E-state index in [4.69, 9.17) is 9.47 Å². The van der Waals surface area contributed by atoms with Gasteiger partial charge < -0.3 is 19.3 Å². The van der Waals surface area contributed by atoms with Crippen LogP contribution in [0.25, 0.3) is 0 Å². The van der Waals surface area contributed by atoms with Crippen molar-refractivity contribution in [2.75, 3.05) is 44.3 Å². The number of piperidine rings is 1. The second-order valence-electron chi connectivity index (χ2n) is 11.0. The summed E-state index contributed by atoms with van der Waals surface area (Å²) < 4.78 is 39.5. The van der Waals surface area contributed by atoms with Gasteiger partial charge in [-0.2, -0.15) is 0 Å². The van der Waals surface area contributed by atoms with Crippen LogP contribution < -0.4 is 9.64 Å². The van der Waals surface area contributed by atoms with Gasteiger partial charge in [-0.05, 0) is 69.3 Å². The van der Waals surface area contributed by atoms with Crippen LogP contribution in [0.15, 0.2) is 36.7 Å². The van der Waals surface area contributed by atoms with Gasteiger partial charge in [-0.3, -0.25) is 4.98 Å². The third kappa shape index (κ3) is 4.90. The third-order valence-electron chi connectivity index (χ3n) is 8.70. The van der Waals surface area contributed by atoms with Gasteiger partial charge in [0.15, 0.2) is 0 Å². The number of rotatable bonds is 5. The molecule has 2 aromatic rings. The van der Waals surface area contributed by atoms with E-state index in [2.05, 4.69) is 14.8 Å². The molecule has 1 saturated carbocycles. The first kappa shape index (κ1) is 23.2. The van der Waals surface area contributed by atoms with Crippen molar-refractivity contribution in [2.24, 2.45) is 5.41 Å². The van der Waals surface area contributed by atoms with Gasteiger partial charge in [-0.15, -0.1) is 0 Å². The lowest BCUT2D eigenvalue weighted by Gasteiger charge is -2.50. The first-order valence-corrected chi connectivity index (χ1v) is 13.2. The number of ether oxygens (including phenoxy) is 2. The van der Waals surface area contributed by atoms with Crippen LogP contribution in [0.2, 0.25) is 0 Å². The predicted octanol–water partition coefficient (Wildman–Crippen LogP) is 5.16. The van der Waals surface area contributed by atoms with Gasteiger partial charge in [0.25, 0.3) is 0 Å². The molecule has 5 nitrogen and oxygen atoms in total. The number of hydrogen-bond donors (Lipinski definition) is 0. The second kappa shape index (κ2) is 9.66. The Morgan fingerprint density at radius 1 is 0.943 bits per heavy atom. The van der Waals surface area contributed by atoms with Crippen molar-refractivity contribution < 1.29 is 18.3 Å². The van der Waals surface area contributed by atoms with Gasteiger partial charge in [-0.25, -0.2) is 8.78 Å². The summed E-state index contributed by atoms with van der Waals surface area (Å²) in [5, 5.41) is 0. The minimum absolute atomic E-state index is 0.160. The normalized spacial score (nSPS) is 25.7. The standard InChI is InChI=1S/C28H35F2N3O2/c29-21-1-2-27(35-25-6-11-34-12-7-25)26(14-21)20-4-9-32(10-5-20)23-3-8-28(15-23)18-33(19-28)24-13-22(30)16-31-17-24/h1-2,13-14,16-17,20,23,25H,3-12,15,18-19H2. The molecule has 3 aliphatic heterocycles. The van der Waals surface area contributed by atoms with E-state index in [0.29, 0.717) is 17.4 Å². The molecule has 0 bridgehead atoms. The maximum atomic E-state index is 14.2. The average Bonchev–Trinajstić information content (AvgIpc) is 3.31. The molecule has 1 aliphatic carbocycles. The lowest BCUT2D eigenvalue weighted by atomic mass is 9.77. The van der Waals surface area contributed by atoms with E-state index in [-0.39, 0.29) is 17.7 Å². The fourth-order valence-corrected chi connectivity index (χ4v) is 6.79. The minimum Gasteiger partial charge on any atom is -0.490 e. The number of benzene rings is 1. The van der Waals surface area contributed by atoms with Crippen molar-refractivity contribution in [2.45, 2.75) is 63.0 Å². The van der Waals surface area contributed by atoms with Crippen LogP contribution in [0, 0.1) is 17.0 Å². The van der Waals surface area contributed by atoms with Crippen molar-refractivity contribution in [3.63, 3.8) is 0 Å². The fraction of sp³-hybridized carbons (Fsp3) is 0.607. The second-order valence-corrected chi connectivity index (χ2v) is 11.0. The summed E-state index contributed by atoms with van der Waals surface area (Å²) in [5.41, 5.74) is 2.30. The number of anilines is 1. The SMILES string of the molecule is Fc1cncc(N2CC3(CCC(N4CCC(c5cc(F)ccc5OC5CCOCC5)CC4)C3)C2)c1. The van der Waals surface area contributed by atoms with Gasteiger partial charge in [0, 0.05) is 49.0 Å². The molecule has 188 valence electrons. The fourth-order valence-electron chi connectivity index (χ4n) is 6.79. The summed E-state index contributed by atoms with van der Waals surface area (Å²) in [6.45, 7) is 5.58. The van der Waals surface area contributed by atoms with Crippen molar-refractivity contribution in [3.05, 3.63) is 53.9 Å². The van der Waals surface area contributed by atoms with Gasteiger partial charge in [0.1, 0.15) is 23.5 Å². The predicted molar refractivity (Wildman–Crippen MR) is 131 cm³/mol. The molecule has 0 N–H and O–H groups in total. The zero-order valence-electron chi connectivity index (χ0n) is 20.3. The monoisotopic (exact) mass is 483 g/mol.